The molecule has 0 saturated carbocycles. The highest BCUT2D eigenvalue weighted by Gasteiger charge is 2.21. The molecule has 1 fully saturated rings. The maximum absolute atomic E-state index is 12.7. The van der Waals surface area contributed by atoms with Crippen LogP contribution in [0, 0.1) is 0 Å². The maximum Gasteiger partial charge on any atom is 0.252 e. The molecule has 34 heavy (non-hydrogen) atoms. The van der Waals surface area contributed by atoms with Crippen LogP contribution in [0.4, 0.5) is 11.6 Å². The number of nitrogens with two attached hydrogens (primary N) is 1. The number of rotatable bonds is 8. The second kappa shape index (κ2) is 11.1. The number of piperidine rings is 1. The van der Waals surface area contributed by atoms with Crippen molar-refractivity contribution in [2.24, 2.45) is 5.73 Å². The molecule has 1 aromatic heterocycles. The van der Waals surface area contributed by atoms with E-state index in [0.29, 0.717) is 17.0 Å². The van der Waals surface area contributed by atoms with Gasteiger partial charge in [0.2, 0.25) is 5.95 Å². The molecule has 0 radical (unpaired) electrons. The van der Waals surface area contributed by atoms with Crippen molar-refractivity contribution in [2.45, 2.75) is 38.8 Å². The Labute approximate surface area is 199 Å². The molecule has 2 aromatic rings. The number of nitrogens with one attached hydrogen (secondary N) is 2. The number of hydrogen-bond donors (Lipinski definition) is 4. The minimum atomic E-state index is -1.12. The van der Waals surface area contributed by atoms with Crippen LogP contribution in [0.1, 0.15) is 59.2 Å². The number of carbonyl (C=O) groups is 2. The topological polar surface area (TPSA) is 143 Å². The molecular weight excluding hydrogens is 436 g/mol. The van der Waals surface area contributed by atoms with Crippen molar-refractivity contribution in [2.75, 3.05) is 32.6 Å². The molecule has 1 aliphatic heterocycles. The van der Waals surface area contributed by atoms with E-state index in [1.807, 2.05) is 13.8 Å². The average molecular weight is 469 g/mol. The van der Waals surface area contributed by atoms with Gasteiger partial charge in [-0.25, -0.2) is 9.97 Å². The first-order valence-corrected chi connectivity index (χ1v) is 11.1. The lowest BCUT2D eigenvalue weighted by atomic mass is 10.0. The molecule has 1 saturated heterocycles. The normalized spacial score (nSPS) is 15.3. The van der Waals surface area contributed by atoms with Crippen molar-refractivity contribution in [1.29, 1.82) is 0 Å². The Morgan fingerprint density at radius 3 is 2.62 bits per heavy atom. The molecule has 10 heteroatoms. The van der Waals surface area contributed by atoms with Crippen LogP contribution >= 0.6 is 0 Å². The second-order valence-corrected chi connectivity index (χ2v) is 8.64. The number of aliphatic hydroxyl groups excluding tert-OH is 1. The number of methoxy groups -OCH3 is 1. The SMILES string of the molecule is COc1cc(C(=O)NC2CCN(C)CC2)ccc1Nc1ncc(C(N)=O)c(C(O)C=C(C)C)n1. The minimum Gasteiger partial charge on any atom is -0.495 e. The van der Waals surface area contributed by atoms with E-state index in [2.05, 4.69) is 32.5 Å². The van der Waals surface area contributed by atoms with Crippen molar-refractivity contribution in [3.05, 3.63) is 52.9 Å². The summed E-state index contributed by atoms with van der Waals surface area (Å²) in [4.78, 5) is 35.2. The van der Waals surface area contributed by atoms with E-state index in [1.54, 1.807) is 24.3 Å². The van der Waals surface area contributed by atoms with Crippen LogP contribution in [-0.4, -0.2) is 65.1 Å². The third kappa shape index (κ3) is 6.30. The number of primary amides is 1. The Hall–Kier alpha value is -3.50. The Kier molecular flexibility index (Phi) is 8.19. The second-order valence-electron chi connectivity index (χ2n) is 8.64. The highest BCUT2D eigenvalue weighted by Crippen LogP contribution is 2.29. The number of likely N-dealkylation sites (tertiary alicyclic amines) is 1. The fourth-order valence-corrected chi connectivity index (χ4v) is 3.74. The van der Waals surface area contributed by atoms with Crippen LogP contribution in [0.3, 0.4) is 0 Å². The summed E-state index contributed by atoms with van der Waals surface area (Å²) in [5.41, 5.74) is 7.40. The van der Waals surface area contributed by atoms with Gasteiger partial charge in [0, 0.05) is 17.8 Å². The van der Waals surface area contributed by atoms with Crippen molar-refractivity contribution in [1.82, 2.24) is 20.2 Å². The lowest BCUT2D eigenvalue weighted by molar-refractivity contribution is 0.0915. The number of hydrogen-bond acceptors (Lipinski definition) is 8. The van der Waals surface area contributed by atoms with Crippen molar-refractivity contribution >= 4 is 23.5 Å². The van der Waals surface area contributed by atoms with Crippen molar-refractivity contribution in [3.8, 4) is 5.75 Å². The molecule has 5 N–H and O–H groups in total. The molecule has 2 heterocycles. The van der Waals surface area contributed by atoms with Gasteiger partial charge in [-0.15, -0.1) is 0 Å². The number of allylic oxidation sites excluding steroid dienone is 1. The van der Waals surface area contributed by atoms with E-state index in [4.69, 9.17) is 10.5 Å². The molecule has 1 unspecified atom stereocenters. The van der Waals surface area contributed by atoms with Gasteiger partial charge in [0.25, 0.3) is 11.8 Å². The first-order valence-electron chi connectivity index (χ1n) is 11.1. The summed E-state index contributed by atoms with van der Waals surface area (Å²) in [5, 5.41) is 16.6. The summed E-state index contributed by atoms with van der Waals surface area (Å²) in [7, 11) is 3.57. The third-order valence-corrected chi connectivity index (χ3v) is 5.62. The number of anilines is 2. The lowest BCUT2D eigenvalue weighted by Gasteiger charge is -2.29. The average Bonchev–Trinajstić information content (AvgIpc) is 2.80. The molecular formula is C24H32N6O4. The smallest absolute Gasteiger partial charge is 0.252 e. The molecule has 1 aliphatic rings. The monoisotopic (exact) mass is 468 g/mol. The molecule has 3 rings (SSSR count). The summed E-state index contributed by atoms with van der Waals surface area (Å²) >= 11 is 0. The number of amides is 2. The van der Waals surface area contributed by atoms with Crippen LogP contribution in [0.5, 0.6) is 5.75 Å². The van der Waals surface area contributed by atoms with Gasteiger partial charge in [-0.2, -0.15) is 0 Å². The van der Waals surface area contributed by atoms with Gasteiger partial charge in [-0.3, -0.25) is 9.59 Å². The van der Waals surface area contributed by atoms with Gasteiger partial charge in [0.05, 0.1) is 24.1 Å². The fraction of sp³-hybridized carbons (Fsp3) is 0.417. The van der Waals surface area contributed by atoms with Crippen LogP contribution in [0.2, 0.25) is 0 Å². The van der Waals surface area contributed by atoms with E-state index < -0.39 is 12.0 Å². The quantitative estimate of drug-likeness (QED) is 0.432. The predicted octanol–water partition coefficient (Wildman–Crippen LogP) is 2.15. The lowest BCUT2D eigenvalue weighted by Crippen LogP contribution is -2.43. The minimum absolute atomic E-state index is 0.0310. The van der Waals surface area contributed by atoms with Gasteiger partial charge in [0.15, 0.2) is 0 Å². The van der Waals surface area contributed by atoms with E-state index in [-0.39, 0.29) is 29.2 Å². The van der Waals surface area contributed by atoms with E-state index in [1.165, 1.54) is 13.3 Å². The summed E-state index contributed by atoms with van der Waals surface area (Å²) in [5.74, 6) is -0.332. The van der Waals surface area contributed by atoms with Crippen molar-refractivity contribution < 1.29 is 19.4 Å². The zero-order chi connectivity index (χ0) is 24.8. The Morgan fingerprint density at radius 1 is 1.29 bits per heavy atom. The summed E-state index contributed by atoms with van der Waals surface area (Å²) < 4.78 is 5.47. The predicted molar refractivity (Wildman–Crippen MR) is 129 cm³/mol. The third-order valence-electron chi connectivity index (χ3n) is 5.62. The summed E-state index contributed by atoms with van der Waals surface area (Å²) in [6.07, 6.45) is 3.54. The highest BCUT2D eigenvalue weighted by atomic mass is 16.5. The standard InChI is InChI=1S/C24H32N6O4/c1-14(2)11-19(31)21-17(22(25)32)13-26-24(29-21)28-18-6-5-15(12-20(18)34-4)23(33)27-16-7-9-30(3)10-8-16/h5-6,11-13,16,19,31H,7-10H2,1-4H3,(H2,25,32)(H,27,33)(H,26,28,29). The molecule has 182 valence electrons. The van der Waals surface area contributed by atoms with E-state index in [9.17, 15) is 14.7 Å². The molecule has 0 spiro atoms. The first-order chi connectivity index (χ1) is 16.2. The molecule has 0 bridgehead atoms. The zero-order valence-corrected chi connectivity index (χ0v) is 20.0. The summed E-state index contributed by atoms with van der Waals surface area (Å²) in [6, 6.07) is 5.17. The maximum atomic E-state index is 12.7. The molecule has 0 aliphatic carbocycles. The van der Waals surface area contributed by atoms with Crippen LogP contribution in [0.25, 0.3) is 0 Å². The number of aliphatic hydroxyl groups is 1. The van der Waals surface area contributed by atoms with E-state index in [0.717, 1.165) is 31.5 Å². The zero-order valence-electron chi connectivity index (χ0n) is 20.0. The number of nitrogens with zero attached hydrogens (tertiary/aromatic N) is 3. The first kappa shape index (κ1) is 25.1. The van der Waals surface area contributed by atoms with Gasteiger partial charge in [-0.05, 0) is 65.0 Å². The number of carbonyl (C=O) groups excluding carboxylic acids is 2. The van der Waals surface area contributed by atoms with Crippen molar-refractivity contribution in [3.63, 3.8) is 0 Å². The molecule has 10 nitrogen and oxygen atoms in total. The fourth-order valence-electron chi connectivity index (χ4n) is 3.74. The van der Waals surface area contributed by atoms with Gasteiger partial charge < -0.3 is 31.1 Å². The number of aromatic nitrogens is 2. The van der Waals surface area contributed by atoms with Gasteiger partial charge in [0.1, 0.15) is 11.9 Å². The molecule has 1 atom stereocenters. The van der Waals surface area contributed by atoms with Crippen LogP contribution in [-0.2, 0) is 0 Å². The largest absolute Gasteiger partial charge is 0.495 e. The Bertz CT molecular complexity index is 1080. The van der Waals surface area contributed by atoms with E-state index >= 15 is 0 Å². The van der Waals surface area contributed by atoms with Crippen LogP contribution in [0.15, 0.2) is 36.0 Å². The van der Waals surface area contributed by atoms with Crippen LogP contribution < -0.4 is 21.1 Å². The molecule has 1 aromatic carbocycles. The Morgan fingerprint density at radius 2 is 2.00 bits per heavy atom. The number of ether oxygens (including phenoxy) is 1. The summed E-state index contributed by atoms with van der Waals surface area (Å²) in [6.45, 7) is 5.55. The van der Waals surface area contributed by atoms with Gasteiger partial charge >= 0.3 is 0 Å². The van der Waals surface area contributed by atoms with Gasteiger partial charge in [-0.1, -0.05) is 11.6 Å². The molecule has 2 amide bonds. The highest BCUT2D eigenvalue weighted by molar-refractivity contribution is 5.96. The Balaban J connectivity index is 1.80. The number of benzene rings is 1.